The van der Waals surface area contributed by atoms with Gasteiger partial charge in [-0.25, -0.2) is 14.7 Å². The molecular formula is C15H20N6. The van der Waals surface area contributed by atoms with Crippen LogP contribution in [0, 0.1) is 0 Å². The molecule has 6 nitrogen and oxygen atoms in total. The van der Waals surface area contributed by atoms with Crippen LogP contribution in [0.3, 0.4) is 0 Å². The van der Waals surface area contributed by atoms with Gasteiger partial charge in [-0.15, -0.1) is 0 Å². The topological polar surface area (TPSA) is 81.1 Å². The molecular weight excluding hydrogens is 264 g/mol. The molecule has 1 aliphatic rings. The van der Waals surface area contributed by atoms with Crippen molar-refractivity contribution in [1.82, 2.24) is 20.1 Å². The van der Waals surface area contributed by atoms with Gasteiger partial charge in [-0.05, 0) is 25.0 Å². The molecule has 0 atom stereocenters. The van der Waals surface area contributed by atoms with Crippen LogP contribution < -0.4 is 11.1 Å². The van der Waals surface area contributed by atoms with Crippen LogP contribution in [0.15, 0.2) is 41.7 Å². The highest BCUT2D eigenvalue weighted by Gasteiger charge is 2.15. The van der Waals surface area contributed by atoms with E-state index in [9.17, 15) is 0 Å². The van der Waals surface area contributed by atoms with Crippen LogP contribution in [0.5, 0.6) is 0 Å². The molecule has 1 heterocycles. The van der Waals surface area contributed by atoms with Gasteiger partial charge < -0.3 is 11.1 Å². The van der Waals surface area contributed by atoms with E-state index in [-0.39, 0.29) is 0 Å². The third-order valence-corrected chi connectivity index (χ3v) is 3.72. The highest BCUT2D eigenvalue weighted by molar-refractivity contribution is 5.78. The number of nitrogens with two attached hydrogens (primary N) is 1. The second-order valence-corrected chi connectivity index (χ2v) is 5.25. The van der Waals surface area contributed by atoms with Crippen molar-refractivity contribution in [3.8, 4) is 5.69 Å². The van der Waals surface area contributed by atoms with E-state index >= 15 is 0 Å². The first-order valence-corrected chi connectivity index (χ1v) is 7.34. The predicted octanol–water partition coefficient (Wildman–Crippen LogP) is 1.61. The number of hydrogen-bond acceptors (Lipinski definition) is 3. The summed E-state index contributed by atoms with van der Waals surface area (Å²) < 4.78 is 1.78. The monoisotopic (exact) mass is 284 g/mol. The maximum atomic E-state index is 5.94. The fourth-order valence-electron chi connectivity index (χ4n) is 2.64. The van der Waals surface area contributed by atoms with E-state index in [0.29, 0.717) is 18.5 Å². The van der Waals surface area contributed by atoms with Gasteiger partial charge in [0.05, 0.1) is 5.69 Å². The Bertz CT molecular complexity index is 598. The van der Waals surface area contributed by atoms with Crippen LogP contribution in [-0.4, -0.2) is 26.8 Å². The number of aromatic nitrogens is 3. The average Bonchev–Trinajstić information content (AvgIpc) is 3.17. The molecule has 3 rings (SSSR count). The normalized spacial score (nSPS) is 16.3. The minimum atomic E-state index is 0.417. The molecule has 0 saturated heterocycles. The van der Waals surface area contributed by atoms with Crippen LogP contribution in [0.1, 0.15) is 31.5 Å². The Morgan fingerprint density at radius 1 is 1.29 bits per heavy atom. The summed E-state index contributed by atoms with van der Waals surface area (Å²) >= 11 is 0. The number of nitrogens with zero attached hydrogens (tertiary/aromatic N) is 4. The molecule has 1 saturated carbocycles. The average molecular weight is 284 g/mol. The zero-order chi connectivity index (χ0) is 14.5. The second-order valence-electron chi connectivity index (χ2n) is 5.25. The van der Waals surface area contributed by atoms with Gasteiger partial charge in [0.2, 0.25) is 0 Å². The first-order valence-electron chi connectivity index (χ1n) is 7.34. The number of nitrogens with one attached hydrogen (secondary N) is 1. The summed E-state index contributed by atoms with van der Waals surface area (Å²) in [7, 11) is 0. The third kappa shape index (κ3) is 3.39. The molecule has 2 aromatic rings. The van der Waals surface area contributed by atoms with Gasteiger partial charge in [0.1, 0.15) is 12.9 Å². The second kappa shape index (κ2) is 6.39. The smallest absolute Gasteiger partial charge is 0.189 e. The Balaban J connectivity index is 1.67. The number of benzene rings is 1. The van der Waals surface area contributed by atoms with E-state index < -0.39 is 0 Å². The number of rotatable bonds is 4. The molecule has 6 heteroatoms. The van der Waals surface area contributed by atoms with Gasteiger partial charge in [-0.3, -0.25) is 0 Å². The fourth-order valence-corrected chi connectivity index (χ4v) is 2.64. The highest BCUT2D eigenvalue weighted by atomic mass is 15.3. The molecule has 0 spiro atoms. The zero-order valence-corrected chi connectivity index (χ0v) is 11.9. The Morgan fingerprint density at radius 3 is 2.81 bits per heavy atom. The van der Waals surface area contributed by atoms with E-state index in [0.717, 1.165) is 11.5 Å². The molecule has 3 N–H and O–H groups in total. The summed E-state index contributed by atoms with van der Waals surface area (Å²) in [6, 6.07) is 10.4. The van der Waals surface area contributed by atoms with Gasteiger partial charge in [0, 0.05) is 6.04 Å². The van der Waals surface area contributed by atoms with E-state index in [4.69, 9.17) is 5.73 Å². The highest BCUT2D eigenvalue weighted by Crippen LogP contribution is 2.17. The largest absolute Gasteiger partial charge is 0.370 e. The minimum Gasteiger partial charge on any atom is -0.370 e. The Labute approximate surface area is 124 Å². The summed E-state index contributed by atoms with van der Waals surface area (Å²) in [5, 5.41) is 7.51. The van der Waals surface area contributed by atoms with E-state index in [2.05, 4.69) is 20.4 Å². The maximum Gasteiger partial charge on any atom is 0.189 e. The van der Waals surface area contributed by atoms with Crippen molar-refractivity contribution in [3.63, 3.8) is 0 Å². The molecule has 110 valence electrons. The maximum absolute atomic E-state index is 5.94. The molecule has 0 bridgehead atoms. The lowest BCUT2D eigenvalue weighted by Crippen LogP contribution is -2.38. The van der Waals surface area contributed by atoms with Gasteiger partial charge in [0.25, 0.3) is 0 Å². The molecule has 1 aromatic carbocycles. The van der Waals surface area contributed by atoms with Crippen LogP contribution in [-0.2, 0) is 6.54 Å². The Morgan fingerprint density at radius 2 is 2.05 bits per heavy atom. The number of aliphatic imine (C=N–C) groups is 1. The lowest BCUT2D eigenvalue weighted by molar-refractivity contribution is 0.624. The number of hydrogen-bond donors (Lipinski definition) is 2. The molecule has 21 heavy (non-hydrogen) atoms. The lowest BCUT2D eigenvalue weighted by atomic mass is 10.2. The van der Waals surface area contributed by atoms with Crippen molar-refractivity contribution in [3.05, 3.63) is 42.5 Å². The zero-order valence-electron chi connectivity index (χ0n) is 11.9. The van der Waals surface area contributed by atoms with Crippen LogP contribution >= 0.6 is 0 Å². The summed E-state index contributed by atoms with van der Waals surface area (Å²) in [4.78, 5) is 8.63. The molecule has 1 aromatic heterocycles. The van der Waals surface area contributed by atoms with Crippen molar-refractivity contribution in [2.24, 2.45) is 10.7 Å². The minimum absolute atomic E-state index is 0.417. The quantitative estimate of drug-likeness (QED) is 0.660. The molecule has 1 fully saturated rings. The molecule has 0 amide bonds. The van der Waals surface area contributed by atoms with Crippen molar-refractivity contribution >= 4 is 5.96 Å². The van der Waals surface area contributed by atoms with Gasteiger partial charge in [0.15, 0.2) is 11.8 Å². The van der Waals surface area contributed by atoms with Crippen molar-refractivity contribution in [1.29, 1.82) is 0 Å². The summed E-state index contributed by atoms with van der Waals surface area (Å²) in [6.45, 7) is 0.417. The Hall–Kier alpha value is -2.37. The van der Waals surface area contributed by atoms with Crippen LogP contribution in [0.2, 0.25) is 0 Å². The van der Waals surface area contributed by atoms with Crippen LogP contribution in [0.25, 0.3) is 5.69 Å². The lowest BCUT2D eigenvalue weighted by Gasteiger charge is -2.12. The third-order valence-electron chi connectivity index (χ3n) is 3.72. The van der Waals surface area contributed by atoms with E-state index in [1.165, 1.54) is 25.7 Å². The molecule has 1 aliphatic carbocycles. The number of para-hydroxylation sites is 1. The van der Waals surface area contributed by atoms with Gasteiger partial charge >= 0.3 is 0 Å². The molecule has 0 radical (unpaired) electrons. The van der Waals surface area contributed by atoms with Gasteiger partial charge in [-0.2, -0.15) is 5.10 Å². The molecule has 0 aliphatic heterocycles. The summed E-state index contributed by atoms with van der Waals surface area (Å²) in [5.74, 6) is 1.27. The van der Waals surface area contributed by atoms with Crippen LogP contribution in [0.4, 0.5) is 0 Å². The van der Waals surface area contributed by atoms with Gasteiger partial charge in [-0.1, -0.05) is 31.0 Å². The number of guanidine groups is 1. The predicted molar refractivity (Wildman–Crippen MR) is 82.1 cm³/mol. The van der Waals surface area contributed by atoms with Crippen molar-refractivity contribution in [2.45, 2.75) is 38.3 Å². The fraction of sp³-hybridized carbons (Fsp3) is 0.400. The first kappa shape index (κ1) is 13.6. The van der Waals surface area contributed by atoms with Crippen molar-refractivity contribution < 1.29 is 0 Å². The van der Waals surface area contributed by atoms with E-state index in [1.807, 2.05) is 30.3 Å². The van der Waals surface area contributed by atoms with Crippen molar-refractivity contribution in [2.75, 3.05) is 0 Å². The Kier molecular flexibility index (Phi) is 4.14. The first-order chi connectivity index (χ1) is 10.3. The summed E-state index contributed by atoms with van der Waals surface area (Å²) in [6.07, 6.45) is 6.44. The van der Waals surface area contributed by atoms with E-state index in [1.54, 1.807) is 11.0 Å². The standard InChI is InChI=1S/C15H20N6/c16-15(20-12-6-4-5-7-12)17-10-14-18-11-19-21(14)13-8-2-1-3-9-13/h1-3,8-9,11-12H,4-7,10H2,(H3,16,17,20). The summed E-state index contributed by atoms with van der Waals surface area (Å²) in [5.41, 5.74) is 6.91. The molecule has 0 unspecified atom stereocenters. The SMILES string of the molecule is NC(=NCc1ncnn1-c1ccccc1)NC1CCCC1.